The molecule has 7 heteroatoms. The van der Waals surface area contributed by atoms with E-state index in [-0.39, 0.29) is 17.7 Å². The van der Waals surface area contributed by atoms with Crippen molar-refractivity contribution in [2.45, 2.75) is 25.3 Å². The van der Waals surface area contributed by atoms with E-state index in [9.17, 15) is 9.59 Å². The van der Waals surface area contributed by atoms with Crippen LogP contribution < -0.4 is 10.8 Å². The van der Waals surface area contributed by atoms with E-state index in [2.05, 4.69) is 5.32 Å². The lowest BCUT2D eigenvalue weighted by atomic mass is 9.86. The molecule has 4 rings (SSSR count). The van der Waals surface area contributed by atoms with Crippen LogP contribution in [0.4, 0.5) is 0 Å². The minimum atomic E-state index is -0.551. The maximum atomic E-state index is 12.7. The van der Waals surface area contributed by atoms with Crippen LogP contribution in [0.1, 0.15) is 50.9 Å². The lowest BCUT2D eigenvalue weighted by Crippen LogP contribution is -2.31. The Bertz CT molecular complexity index is 1040. The van der Waals surface area contributed by atoms with E-state index in [1.54, 1.807) is 41.9 Å². The number of rotatable bonds is 3. The van der Waals surface area contributed by atoms with E-state index in [0.717, 1.165) is 35.8 Å². The monoisotopic (exact) mass is 384 g/mol. The van der Waals surface area contributed by atoms with E-state index < -0.39 is 5.91 Å². The van der Waals surface area contributed by atoms with Crippen LogP contribution in [0.25, 0.3) is 11.0 Å². The maximum Gasteiger partial charge on any atom is 0.287 e. The number of nitrogens with one attached hydrogen (secondary N) is 2. The fourth-order valence-corrected chi connectivity index (χ4v) is 3.71. The number of benzene rings is 2. The van der Waals surface area contributed by atoms with Crippen LogP contribution in [0.5, 0.6) is 0 Å². The number of hydrogen-bond acceptors (Lipinski definition) is 4. The van der Waals surface area contributed by atoms with E-state index >= 15 is 0 Å². The second-order valence-corrected chi connectivity index (χ2v) is 7.00. The van der Waals surface area contributed by atoms with Gasteiger partial charge in [0.15, 0.2) is 5.76 Å². The summed E-state index contributed by atoms with van der Waals surface area (Å²) in [5, 5.41) is 13.2. The quantitative estimate of drug-likeness (QED) is 0.470. The van der Waals surface area contributed by atoms with Crippen molar-refractivity contribution >= 4 is 34.4 Å². The van der Waals surface area contributed by atoms with Crippen LogP contribution in [-0.2, 0) is 6.42 Å². The standard InChI is InChI=1S/C20H17ClN2O4/c21-14-5-7-17-13(9-14)10-18(27-17)20(25)22-16-3-1-2-11-8-12(19(24)23-26)4-6-15(11)16/h4-10,16,26H,1-3H2,(H,22,25)(H,23,24). The zero-order chi connectivity index (χ0) is 19.0. The number of furan rings is 1. The Hall–Kier alpha value is -2.83. The van der Waals surface area contributed by atoms with Gasteiger partial charge in [0.1, 0.15) is 5.58 Å². The van der Waals surface area contributed by atoms with E-state index in [0.29, 0.717) is 16.2 Å². The van der Waals surface area contributed by atoms with E-state index in [4.69, 9.17) is 21.2 Å². The Labute approximate surface area is 160 Å². The Balaban J connectivity index is 1.57. The Morgan fingerprint density at radius 3 is 2.78 bits per heavy atom. The topological polar surface area (TPSA) is 91.6 Å². The molecule has 0 saturated heterocycles. The number of aryl methyl sites for hydroxylation is 1. The second kappa shape index (κ2) is 7.06. The molecule has 1 aliphatic carbocycles. The third kappa shape index (κ3) is 3.41. The predicted molar refractivity (Wildman–Crippen MR) is 100 cm³/mol. The van der Waals surface area contributed by atoms with Crippen LogP contribution in [0.3, 0.4) is 0 Å². The van der Waals surface area contributed by atoms with Gasteiger partial charge < -0.3 is 9.73 Å². The predicted octanol–water partition coefficient (Wildman–Crippen LogP) is 4.01. The minimum Gasteiger partial charge on any atom is -0.451 e. The van der Waals surface area contributed by atoms with Crippen molar-refractivity contribution in [3.63, 3.8) is 0 Å². The van der Waals surface area contributed by atoms with Crippen LogP contribution in [0.15, 0.2) is 46.9 Å². The number of fused-ring (bicyclic) bond motifs is 2. The molecule has 3 N–H and O–H groups in total. The molecular formula is C20H17ClN2O4. The van der Waals surface area contributed by atoms with Gasteiger partial charge in [-0.2, -0.15) is 0 Å². The molecule has 1 heterocycles. The fourth-order valence-electron chi connectivity index (χ4n) is 3.53. The molecule has 27 heavy (non-hydrogen) atoms. The number of carbonyl (C=O) groups is 2. The number of carbonyl (C=O) groups excluding carboxylic acids is 2. The summed E-state index contributed by atoms with van der Waals surface area (Å²) in [7, 11) is 0. The number of hydrogen-bond donors (Lipinski definition) is 3. The summed E-state index contributed by atoms with van der Waals surface area (Å²) in [6.07, 6.45) is 2.51. The molecule has 2 amide bonds. The molecule has 1 atom stereocenters. The van der Waals surface area contributed by atoms with E-state index in [1.807, 2.05) is 6.07 Å². The van der Waals surface area contributed by atoms with Gasteiger partial charge in [0.25, 0.3) is 11.8 Å². The Morgan fingerprint density at radius 1 is 1.11 bits per heavy atom. The highest BCUT2D eigenvalue weighted by Gasteiger charge is 2.24. The van der Waals surface area contributed by atoms with Gasteiger partial charge in [0.2, 0.25) is 0 Å². The first-order valence-corrected chi connectivity index (χ1v) is 9.00. The number of halogens is 1. The lowest BCUT2D eigenvalue weighted by Gasteiger charge is -2.26. The summed E-state index contributed by atoms with van der Waals surface area (Å²) in [5.41, 5.74) is 4.60. The first-order valence-electron chi connectivity index (χ1n) is 8.62. The van der Waals surface area contributed by atoms with Crippen molar-refractivity contribution in [2.24, 2.45) is 0 Å². The van der Waals surface area contributed by atoms with Crippen molar-refractivity contribution < 1.29 is 19.2 Å². The lowest BCUT2D eigenvalue weighted by molar-refractivity contribution is 0.0706. The highest BCUT2D eigenvalue weighted by atomic mass is 35.5. The molecule has 0 saturated carbocycles. The zero-order valence-corrected chi connectivity index (χ0v) is 15.0. The average Bonchev–Trinajstić information content (AvgIpc) is 3.10. The SMILES string of the molecule is O=C(NO)c1ccc2c(c1)CCCC2NC(=O)c1cc2cc(Cl)ccc2o1. The maximum absolute atomic E-state index is 12.7. The third-order valence-corrected chi connectivity index (χ3v) is 5.06. The molecule has 2 aromatic carbocycles. The van der Waals surface area contributed by atoms with Crippen molar-refractivity contribution in [1.29, 1.82) is 0 Å². The van der Waals surface area contributed by atoms with Gasteiger partial charge >= 0.3 is 0 Å². The van der Waals surface area contributed by atoms with E-state index in [1.165, 1.54) is 0 Å². The summed E-state index contributed by atoms with van der Waals surface area (Å²) < 4.78 is 5.63. The van der Waals surface area contributed by atoms with Gasteiger partial charge in [0, 0.05) is 16.0 Å². The molecule has 1 aromatic heterocycles. The second-order valence-electron chi connectivity index (χ2n) is 6.57. The minimum absolute atomic E-state index is 0.163. The molecular weight excluding hydrogens is 368 g/mol. The number of hydroxylamine groups is 1. The highest BCUT2D eigenvalue weighted by molar-refractivity contribution is 6.31. The molecule has 3 aromatic rings. The average molecular weight is 385 g/mol. The van der Waals surface area contributed by atoms with Crippen LogP contribution in [0.2, 0.25) is 5.02 Å². The molecule has 0 fully saturated rings. The van der Waals surface area contributed by atoms with Crippen LogP contribution in [-0.4, -0.2) is 17.0 Å². The molecule has 0 radical (unpaired) electrons. The van der Waals surface area contributed by atoms with Crippen LogP contribution >= 0.6 is 11.6 Å². The molecule has 0 aliphatic heterocycles. The van der Waals surface area contributed by atoms with Gasteiger partial charge in [-0.15, -0.1) is 0 Å². The highest BCUT2D eigenvalue weighted by Crippen LogP contribution is 2.31. The first-order chi connectivity index (χ1) is 13.0. The summed E-state index contributed by atoms with van der Waals surface area (Å²) in [6, 6.07) is 11.9. The largest absolute Gasteiger partial charge is 0.451 e. The van der Waals surface area contributed by atoms with Crippen molar-refractivity contribution in [3.8, 4) is 0 Å². The first kappa shape index (κ1) is 17.6. The van der Waals surface area contributed by atoms with Gasteiger partial charge in [-0.3, -0.25) is 14.8 Å². The summed E-state index contributed by atoms with van der Waals surface area (Å²) in [6.45, 7) is 0. The molecule has 1 aliphatic rings. The number of amides is 2. The van der Waals surface area contributed by atoms with Gasteiger partial charge in [0.05, 0.1) is 6.04 Å². The van der Waals surface area contributed by atoms with Gasteiger partial charge in [-0.1, -0.05) is 17.7 Å². The van der Waals surface area contributed by atoms with Gasteiger partial charge in [-0.25, -0.2) is 5.48 Å². The van der Waals surface area contributed by atoms with Crippen molar-refractivity contribution in [2.75, 3.05) is 0 Å². The summed E-state index contributed by atoms with van der Waals surface area (Å²) in [4.78, 5) is 24.3. The molecule has 1 unspecified atom stereocenters. The Morgan fingerprint density at radius 2 is 1.96 bits per heavy atom. The summed E-state index contributed by atoms with van der Waals surface area (Å²) in [5.74, 6) is -0.613. The smallest absolute Gasteiger partial charge is 0.287 e. The van der Waals surface area contributed by atoms with Crippen molar-refractivity contribution in [1.82, 2.24) is 10.8 Å². The zero-order valence-electron chi connectivity index (χ0n) is 14.3. The molecule has 0 bridgehead atoms. The Kier molecular flexibility index (Phi) is 4.59. The molecule has 6 nitrogen and oxygen atoms in total. The normalized spacial score (nSPS) is 16.0. The molecule has 0 spiro atoms. The molecule has 138 valence electrons. The summed E-state index contributed by atoms with van der Waals surface area (Å²) >= 11 is 5.98. The third-order valence-electron chi connectivity index (χ3n) is 4.83. The van der Waals surface area contributed by atoms with Crippen LogP contribution in [0, 0.1) is 0 Å². The van der Waals surface area contributed by atoms with Gasteiger partial charge in [-0.05, 0) is 66.8 Å². The van der Waals surface area contributed by atoms with Crippen molar-refractivity contribution in [3.05, 3.63) is 69.9 Å². The fraction of sp³-hybridized carbons (Fsp3) is 0.200.